The number of hydrogen-bond donors (Lipinski definition) is 2. The van der Waals surface area contributed by atoms with Gasteiger partial charge in [0.25, 0.3) is 11.5 Å². The molecule has 6 nitrogen and oxygen atoms in total. The molecule has 3 N–H and O–H groups in total. The van der Waals surface area contributed by atoms with Gasteiger partial charge < -0.3 is 11.1 Å². The van der Waals surface area contributed by atoms with Gasteiger partial charge in [0.1, 0.15) is 5.56 Å². The van der Waals surface area contributed by atoms with Gasteiger partial charge in [0, 0.05) is 24.5 Å². The van der Waals surface area contributed by atoms with Gasteiger partial charge in [-0.15, -0.1) is 0 Å². The van der Waals surface area contributed by atoms with E-state index < -0.39 is 0 Å². The molecule has 114 valence electrons. The maximum absolute atomic E-state index is 12.4. The summed E-state index contributed by atoms with van der Waals surface area (Å²) >= 11 is 1.55. The van der Waals surface area contributed by atoms with Gasteiger partial charge in [-0.1, -0.05) is 24.6 Å². The normalized spacial score (nSPS) is 24.6. The zero-order valence-corrected chi connectivity index (χ0v) is 12.7. The molecule has 3 rings (SSSR count). The van der Waals surface area contributed by atoms with Gasteiger partial charge in [0.2, 0.25) is 0 Å². The van der Waals surface area contributed by atoms with Crippen LogP contribution in [-0.2, 0) is 6.54 Å². The number of fused-ring (bicyclic) bond motifs is 1. The summed E-state index contributed by atoms with van der Waals surface area (Å²) in [5, 5.41) is 3.69. The summed E-state index contributed by atoms with van der Waals surface area (Å²) in [5.41, 5.74) is 5.69. The van der Waals surface area contributed by atoms with Crippen LogP contribution in [-0.4, -0.2) is 33.8 Å². The summed E-state index contributed by atoms with van der Waals surface area (Å²) in [4.78, 5) is 28.9. The number of nitrogens with zero attached hydrogens (tertiary/aromatic N) is 2. The third-order valence-electron chi connectivity index (χ3n) is 4.33. The van der Waals surface area contributed by atoms with Crippen LogP contribution in [0.3, 0.4) is 0 Å². The molecule has 2 atom stereocenters. The predicted molar refractivity (Wildman–Crippen MR) is 81.5 cm³/mol. The van der Waals surface area contributed by atoms with Crippen molar-refractivity contribution in [3.63, 3.8) is 0 Å². The number of carbonyl (C=O) groups excluding carboxylic acids is 1. The number of aromatic nitrogens is 2. The summed E-state index contributed by atoms with van der Waals surface area (Å²) in [7, 11) is 0. The largest absolute Gasteiger partial charge is 0.349 e. The molecule has 2 heterocycles. The van der Waals surface area contributed by atoms with E-state index in [1.54, 1.807) is 16.3 Å². The molecule has 1 amide bonds. The number of rotatable bonds is 3. The lowest BCUT2D eigenvalue weighted by atomic mass is 9.84. The van der Waals surface area contributed by atoms with Crippen LogP contribution in [0.25, 0.3) is 0 Å². The molecule has 0 saturated heterocycles. The molecule has 1 aliphatic carbocycles. The van der Waals surface area contributed by atoms with Gasteiger partial charge >= 0.3 is 0 Å². The Bertz CT molecular complexity index is 601. The van der Waals surface area contributed by atoms with Gasteiger partial charge in [-0.3, -0.25) is 14.2 Å². The molecule has 0 radical (unpaired) electrons. The second kappa shape index (κ2) is 6.19. The zero-order chi connectivity index (χ0) is 14.8. The first-order valence-electron chi connectivity index (χ1n) is 7.44. The Labute approximate surface area is 127 Å². The van der Waals surface area contributed by atoms with Crippen LogP contribution in [0.4, 0.5) is 0 Å². The molecule has 0 bridgehead atoms. The van der Waals surface area contributed by atoms with Crippen molar-refractivity contribution in [2.45, 2.75) is 43.4 Å². The van der Waals surface area contributed by atoms with E-state index in [0.717, 1.165) is 31.4 Å². The molecule has 1 saturated carbocycles. The van der Waals surface area contributed by atoms with Crippen molar-refractivity contribution >= 4 is 17.7 Å². The minimum absolute atomic E-state index is 0.0725. The van der Waals surface area contributed by atoms with Gasteiger partial charge in [0.15, 0.2) is 5.16 Å². The van der Waals surface area contributed by atoms with Gasteiger partial charge in [-0.2, -0.15) is 0 Å². The van der Waals surface area contributed by atoms with E-state index in [4.69, 9.17) is 5.73 Å². The van der Waals surface area contributed by atoms with E-state index in [9.17, 15) is 9.59 Å². The molecule has 21 heavy (non-hydrogen) atoms. The molecule has 2 unspecified atom stereocenters. The standard InChI is InChI=1S/C14H20N4O2S/c15-7-9-3-1-2-4-11(9)17-12(19)10-8-16-14-18(13(10)20)5-6-21-14/h8-9,11H,1-7,15H2,(H,17,19). The van der Waals surface area contributed by atoms with Crippen molar-refractivity contribution in [3.8, 4) is 0 Å². The van der Waals surface area contributed by atoms with Crippen LogP contribution in [0.15, 0.2) is 16.1 Å². The average molecular weight is 308 g/mol. The van der Waals surface area contributed by atoms with Crippen LogP contribution >= 0.6 is 11.8 Å². The highest BCUT2D eigenvalue weighted by molar-refractivity contribution is 7.99. The number of hydrogen-bond acceptors (Lipinski definition) is 5. The van der Waals surface area contributed by atoms with Gasteiger partial charge in [-0.25, -0.2) is 4.98 Å². The highest BCUT2D eigenvalue weighted by Crippen LogP contribution is 2.24. The molecular formula is C14H20N4O2S. The molecule has 1 aromatic heterocycles. The van der Waals surface area contributed by atoms with Gasteiger partial charge in [-0.05, 0) is 25.3 Å². The quantitative estimate of drug-likeness (QED) is 0.798. The maximum atomic E-state index is 12.4. The monoisotopic (exact) mass is 308 g/mol. The molecular weight excluding hydrogens is 288 g/mol. The van der Waals surface area contributed by atoms with E-state index in [-0.39, 0.29) is 23.1 Å². The molecule has 1 aliphatic heterocycles. The van der Waals surface area contributed by atoms with E-state index in [2.05, 4.69) is 10.3 Å². The van der Waals surface area contributed by atoms with E-state index in [1.807, 2.05) is 0 Å². The van der Waals surface area contributed by atoms with Crippen LogP contribution < -0.4 is 16.6 Å². The second-order valence-electron chi connectivity index (χ2n) is 5.62. The minimum atomic E-state index is -0.315. The Morgan fingerprint density at radius 2 is 2.29 bits per heavy atom. The first-order valence-corrected chi connectivity index (χ1v) is 8.43. The fourth-order valence-electron chi connectivity index (χ4n) is 3.10. The zero-order valence-electron chi connectivity index (χ0n) is 11.9. The number of thioether (sulfide) groups is 1. The van der Waals surface area contributed by atoms with Crippen molar-refractivity contribution in [2.75, 3.05) is 12.3 Å². The smallest absolute Gasteiger partial charge is 0.267 e. The average Bonchev–Trinajstić information content (AvgIpc) is 2.97. The van der Waals surface area contributed by atoms with Crippen molar-refractivity contribution in [1.29, 1.82) is 0 Å². The van der Waals surface area contributed by atoms with Crippen molar-refractivity contribution < 1.29 is 4.79 Å². The van der Waals surface area contributed by atoms with Crippen LogP contribution in [0.5, 0.6) is 0 Å². The summed E-state index contributed by atoms with van der Waals surface area (Å²) in [6, 6.07) is 0.0725. The summed E-state index contributed by atoms with van der Waals surface area (Å²) in [6.45, 7) is 1.20. The lowest BCUT2D eigenvalue weighted by Gasteiger charge is -2.31. The Morgan fingerprint density at radius 3 is 3.10 bits per heavy atom. The highest BCUT2D eigenvalue weighted by atomic mass is 32.2. The summed E-state index contributed by atoms with van der Waals surface area (Å²) < 4.78 is 1.58. The Hall–Kier alpha value is -1.34. The van der Waals surface area contributed by atoms with E-state index >= 15 is 0 Å². The number of amides is 1. The maximum Gasteiger partial charge on any atom is 0.267 e. The minimum Gasteiger partial charge on any atom is -0.349 e. The van der Waals surface area contributed by atoms with Crippen LogP contribution in [0.2, 0.25) is 0 Å². The second-order valence-corrected chi connectivity index (χ2v) is 6.68. The van der Waals surface area contributed by atoms with Crippen molar-refractivity contribution in [2.24, 2.45) is 11.7 Å². The Morgan fingerprint density at radius 1 is 1.48 bits per heavy atom. The topological polar surface area (TPSA) is 90.0 Å². The van der Waals surface area contributed by atoms with Gasteiger partial charge in [0.05, 0.1) is 0 Å². The first kappa shape index (κ1) is 14.6. The Balaban J connectivity index is 1.78. The third kappa shape index (κ3) is 2.85. The lowest BCUT2D eigenvalue weighted by molar-refractivity contribution is 0.0905. The highest BCUT2D eigenvalue weighted by Gasteiger charge is 2.27. The molecule has 1 fully saturated rings. The first-order chi connectivity index (χ1) is 10.2. The van der Waals surface area contributed by atoms with Crippen molar-refractivity contribution in [3.05, 3.63) is 22.1 Å². The summed E-state index contributed by atoms with van der Waals surface area (Å²) in [5.74, 6) is 0.832. The fourth-order valence-corrected chi connectivity index (χ4v) is 4.01. The fraction of sp³-hybridized carbons (Fsp3) is 0.643. The molecule has 7 heteroatoms. The lowest BCUT2D eigenvalue weighted by Crippen LogP contribution is -2.46. The number of nitrogens with one attached hydrogen (secondary N) is 1. The Kier molecular flexibility index (Phi) is 4.30. The SMILES string of the molecule is NCC1CCCCC1NC(=O)c1cnc2n(c1=O)CCS2. The third-order valence-corrected chi connectivity index (χ3v) is 5.30. The number of nitrogens with two attached hydrogens (primary N) is 1. The molecule has 0 aromatic carbocycles. The molecule has 1 aromatic rings. The van der Waals surface area contributed by atoms with Crippen LogP contribution in [0, 0.1) is 5.92 Å². The summed E-state index contributed by atoms with van der Waals surface area (Å²) in [6.07, 6.45) is 5.64. The van der Waals surface area contributed by atoms with Crippen molar-refractivity contribution in [1.82, 2.24) is 14.9 Å². The molecule has 0 spiro atoms. The number of carbonyl (C=O) groups is 1. The van der Waals surface area contributed by atoms with E-state index in [1.165, 1.54) is 6.20 Å². The molecule has 2 aliphatic rings. The van der Waals surface area contributed by atoms with E-state index in [0.29, 0.717) is 24.2 Å². The van der Waals surface area contributed by atoms with Crippen LogP contribution in [0.1, 0.15) is 36.0 Å². The predicted octanol–water partition coefficient (Wildman–Crippen LogP) is 0.596.